The molecule has 1 aliphatic carbocycles. The fraction of sp³-hybridized carbons (Fsp3) is 0.333. The molecule has 0 N–H and O–H groups in total. The number of para-hydroxylation sites is 2. The summed E-state index contributed by atoms with van der Waals surface area (Å²) >= 11 is 1.54. The highest BCUT2D eigenvalue weighted by molar-refractivity contribution is 7.07. The number of ether oxygens (including phenoxy) is 1. The van der Waals surface area contributed by atoms with Gasteiger partial charge < -0.3 is 9.64 Å². The van der Waals surface area contributed by atoms with E-state index in [1.807, 2.05) is 16.8 Å². The molecule has 0 radical (unpaired) electrons. The van der Waals surface area contributed by atoms with E-state index in [1.165, 1.54) is 6.07 Å². The molecule has 4 rings (SSSR count). The summed E-state index contributed by atoms with van der Waals surface area (Å²) < 4.78 is 5.48. The molecule has 8 nitrogen and oxygen atoms in total. The maximum atomic E-state index is 12.9. The van der Waals surface area contributed by atoms with Crippen LogP contribution in [0.25, 0.3) is 0 Å². The van der Waals surface area contributed by atoms with Crippen LogP contribution < -0.4 is 9.64 Å². The van der Waals surface area contributed by atoms with Gasteiger partial charge in [0.15, 0.2) is 0 Å². The Bertz CT molecular complexity index is 986. The standard InChI is InChI=1S/C21H21N3O5S/c1-2-29-17-6-4-3-5-16(17)24-20(27)19(26)23(21(24)28)12-18(25)22(15-7-8-15)11-14-9-10-30-13-14/h3-6,9-10,13,15H,2,7-8,11-12H2,1H3. The molecule has 0 atom stereocenters. The van der Waals surface area contributed by atoms with Crippen molar-refractivity contribution in [2.75, 3.05) is 18.1 Å². The van der Waals surface area contributed by atoms with Crippen LogP contribution in [-0.2, 0) is 20.9 Å². The first-order chi connectivity index (χ1) is 14.5. The first kappa shape index (κ1) is 20.1. The Labute approximate surface area is 177 Å². The molecule has 9 heteroatoms. The summed E-state index contributed by atoms with van der Waals surface area (Å²) in [5.41, 5.74) is 1.19. The van der Waals surface area contributed by atoms with E-state index in [9.17, 15) is 19.2 Å². The van der Waals surface area contributed by atoms with E-state index in [-0.39, 0.29) is 17.6 Å². The molecule has 0 bridgehead atoms. The van der Waals surface area contributed by atoms with Gasteiger partial charge in [-0.2, -0.15) is 11.3 Å². The number of carbonyl (C=O) groups excluding carboxylic acids is 4. The highest BCUT2D eigenvalue weighted by atomic mass is 32.1. The zero-order valence-corrected chi connectivity index (χ0v) is 17.3. The number of carbonyl (C=O) groups is 4. The number of anilines is 1. The van der Waals surface area contributed by atoms with Gasteiger partial charge in [0, 0.05) is 12.6 Å². The Morgan fingerprint density at radius 1 is 1.17 bits per heavy atom. The van der Waals surface area contributed by atoms with E-state index in [2.05, 4.69) is 0 Å². The van der Waals surface area contributed by atoms with Crippen LogP contribution in [0.3, 0.4) is 0 Å². The summed E-state index contributed by atoms with van der Waals surface area (Å²) in [5.74, 6) is -2.03. The Hall–Kier alpha value is -3.20. The molecule has 2 fully saturated rings. The van der Waals surface area contributed by atoms with Crippen LogP contribution in [0.1, 0.15) is 25.3 Å². The number of nitrogens with zero attached hydrogens (tertiary/aromatic N) is 3. The minimum absolute atomic E-state index is 0.107. The van der Waals surface area contributed by atoms with Gasteiger partial charge in [0.1, 0.15) is 12.3 Å². The summed E-state index contributed by atoms with van der Waals surface area (Å²) in [6.45, 7) is 2.08. The predicted molar refractivity (Wildman–Crippen MR) is 110 cm³/mol. The van der Waals surface area contributed by atoms with Crippen molar-refractivity contribution in [3.8, 4) is 5.75 Å². The molecule has 0 spiro atoms. The summed E-state index contributed by atoms with van der Waals surface area (Å²) in [7, 11) is 0. The molecule has 1 saturated heterocycles. The van der Waals surface area contributed by atoms with Gasteiger partial charge in [-0.25, -0.2) is 14.6 Å². The Morgan fingerprint density at radius 3 is 2.60 bits per heavy atom. The van der Waals surface area contributed by atoms with E-state index in [0.29, 0.717) is 18.9 Å². The molecule has 1 aromatic carbocycles. The summed E-state index contributed by atoms with van der Waals surface area (Å²) in [6.07, 6.45) is 1.79. The van der Waals surface area contributed by atoms with Gasteiger partial charge in [0.2, 0.25) is 5.91 Å². The maximum absolute atomic E-state index is 12.9. The van der Waals surface area contributed by atoms with Crippen molar-refractivity contribution in [1.82, 2.24) is 9.80 Å². The zero-order valence-electron chi connectivity index (χ0n) is 16.4. The quantitative estimate of drug-likeness (QED) is 0.477. The second-order valence-corrected chi connectivity index (χ2v) is 7.88. The number of imide groups is 2. The van der Waals surface area contributed by atoms with E-state index >= 15 is 0 Å². The number of amides is 5. The minimum Gasteiger partial charge on any atom is -0.492 e. The molecule has 5 amide bonds. The van der Waals surface area contributed by atoms with E-state index in [1.54, 1.807) is 41.4 Å². The molecule has 0 unspecified atom stereocenters. The van der Waals surface area contributed by atoms with Crippen molar-refractivity contribution < 1.29 is 23.9 Å². The van der Waals surface area contributed by atoms with Gasteiger partial charge in [-0.15, -0.1) is 0 Å². The maximum Gasteiger partial charge on any atom is 0.339 e. The summed E-state index contributed by atoms with van der Waals surface area (Å²) in [5, 5.41) is 3.90. The first-order valence-electron chi connectivity index (χ1n) is 9.73. The lowest BCUT2D eigenvalue weighted by molar-refractivity contribution is -0.142. The van der Waals surface area contributed by atoms with Crippen molar-refractivity contribution in [3.05, 3.63) is 46.7 Å². The van der Waals surface area contributed by atoms with Gasteiger partial charge in [0.05, 0.1) is 12.3 Å². The molecule has 2 heterocycles. The predicted octanol–water partition coefficient (Wildman–Crippen LogP) is 2.63. The van der Waals surface area contributed by atoms with Gasteiger partial charge in [-0.1, -0.05) is 12.1 Å². The van der Waals surface area contributed by atoms with Crippen molar-refractivity contribution in [2.24, 2.45) is 0 Å². The SMILES string of the molecule is CCOc1ccccc1N1C(=O)C(=O)N(CC(=O)N(Cc2ccsc2)C2CC2)C1=O. The van der Waals surface area contributed by atoms with Crippen molar-refractivity contribution in [3.63, 3.8) is 0 Å². The van der Waals surface area contributed by atoms with Gasteiger partial charge in [-0.05, 0) is 54.3 Å². The lowest BCUT2D eigenvalue weighted by atomic mass is 10.2. The minimum atomic E-state index is -1.01. The van der Waals surface area contributed by atoms with Crippen LogP contribution in [0.15, 0.2) is 41.1 Å². The van der Waals surface area contributed by atoms with Crippen LogP contribution in [0.2, 0.25) is 0 Å². The lowest BCUT2D eigenvalue weighted by Gasteiger charge is -2.24. The zero-order chi connectivity index (χ0) is 21.3. The molecule has 2 aromatic rings. The summed E-state index contributed by atoms with van der Waals surface area (Å²) in [4.78, 5) is 54.2. The normalized spacial score (nSPS) is 16.4. The lowest BCUT2D eigenvalue weighted by Crippen LogP contribution is -2.44. The third-order valence-corrected chi connectivity index (χ3v) is 5.73. The van der Waals surface area contributed by atoms with Crippen LogP contribution in [0.5, 0.6) is 5.75 Å². The van der Waals surface area contributed by atoms with Crippen molar-refractivity contribution in [2.45, 2.75) is 32.4 Å². The monoisotopic (exact) mass is 427 g/mol. The van der Waals surface area contributed by atoms with Gasteiger partial charge in [0.25, 0.3) is 0 Å². The molecule has 2 aliphatic rings. The molecule has 1 saturated carbocycles. The Morgan fingerprint density at radius 2 is 1.93 bits per heavy atom. The summed E-state index contributed by atoms with van der Waals surface area (Å²) in [6, 6.07) is 7.72. The largest absolute Gasteiger partial charge is 0.492 e. The van der Waals surface area contributed by atoms with Gasteiger partial charge in [-0.3, -0.25) is 14.4 Å². The van der Waals surface area contributed by atoms with E-state index in [4.69, 9.17) is 4.74 Å². The smallest absolute Gasteiger partial charge is 0.339 e. The number of thiophene rings is 1. The highest BCUT2D eigenvalue weighted by Gasteiger charge is 2.48. The fourth-order valence-corrected chi connectivity index (χ4v) is 4.05. The Balaban J connectivity index is 1.53. The molecule has 156 valence electrons. The second kappa shape index (κ2) is 8.27. The number of urea groups is 1. The number of rotatable bonds is 8. The third-order valence-electron chi connectivity index (χ3n) is 4.99. The second-order valence-electron chi connectivity index (χ2n) is 7.10. The van der Waals surface area contributed by atoms with E-state index < -0.39 is 24.4 Å². The van der Waals surface area contributed by atoms with Crippen LogP contribution >= 0.6 is 11.3 Å². The topological polar surface area (TPSA) is 87.2 Å². The number of hydrogen-bond acceptors (Lipinski definition) is 6. The number of hydrogen-bond donors (Lipinski definition) is 0. The molecule has 30 heavy (non-hydrogen) atoms. The van der Waals surface area contributed by atoms with Gasteiger partial charge >= 0.3 is 17.8 Å². The van der Waals surface area contributed by atoms with Crippen molar-refractivity contribution >= 4 is 40.8 Å². The fourth-order valence-electron chi connectivity index (χ4n) is 3.39. The van der Waals surface area contributed by atoms with Crippen LogP contribution in [0.4, 0.5) is 10.5 Å². The number of benzene rings is 1. The van der Waals surface area contributed by atoms with Crippen LogP contribution in [-0.4, -0.2) is 52.7 Å². The Kier molecular flexibility index (Phi) is 5.54. The first-order valence-corrected chi connectivity index (χ1v) is 10.7. The molecular weight excluding hydrogens is 406 g/mol. The van der Waals surface area contributed by atoms with E-state index in [0.717, 1.165) is 28.2 Å². The highest BCUT2D eigenvalue weighted by Crippen LogP contribution is 2.33. The third kappa shape index (κ3) is 3.80. The average Bonchev–Trinajstić information content (AvgIpc) is 3.40. The van der Waals surface area contributed by atoms with Crippen LogP contribution in [0, 0.1) is 0 Å². The average molecular weight is 427 g/mol. The molecular formula is C21H21N3O5S. The molecule has 1 aliphatic heterocycles. The molecule has 1 aromatic heterocycles. The van der Waals surface area contributed by atoms with Crippen molar-refractivity contribution in [1.29, 1.82) is 0 Å².